The fourth-order valence-corrected chi connectivity index (χ4v) is 9.78. The maximum Gasteiger partial charge on any atom is 0.0178 e. The zero-order valence-electron chi connectivity index (χ0n) is 24.4. The van der Waals surface area contributed by atoms with Crippen LogP contribution in [0.2, 0.25) is 0 Å². The minimum Gasteiger partial charge on any atom is -0.326 e. The van der Waals surface area contributed by atoms with Gasteiger partial charge in [0, 0.05) is 13.1 Å². The zero-order chi connectivity index (χ0) is 29.9. The molecule has 0 amide bonds. The Bertz CT molecular complexity index is 2020. The standard InChI is InChI=1S/C40H34N2P2/c41-26-28-16-20-35-30(24-28)18-22-37(43-32-10-4-1-5-11-32)39(35)40-36-21-17-29(27-42)25-31(36)19-23-38(40)44(33-12-6-2-7-13-33)34-14-8-3-9-15-34/h1-25,43H,26-27,41-42H2. The lowest BCUT2D eigenvalue weighted by molar-refractivity contribution is 1.08. The van der Waals surface area contributed by atoms with Gasteiger partial charge in [-0.1, -0.05) is 148 Å². The largest absolute Gasteiger partial charge is 0.326 e. The van der Waals surface area contributed by atoms with Crippen LogP contribution < -0.4 is 38.0 Å². The molecule has 0 saturated heterocycles. The molecule has 44 heavy (non-hydrogen) atoms. The molecule has 7 rings (SSSR count). The monoisotopic (exact) mass is 604 g/mol. The van der Waals surface area contributed by atoms with Crippen LogP contribution in [-0.2, 0) is 13.1 Å². The molecule has 0 aromatic heterocycles. The summed E-state index contributed by atoms with van der Waals surface area (Å²) in [6.07, 6.45) is 0. The van der Waals surface area contributed by atoms with Crippen molar-refractivity contribution in [1.29, 1.82) is 0 Å². The Labute approximate surface area is 262 Å². The number of fused-ring (bicyclic) bond motifs is 2. The van der Waals surface area contributed by atoms with Gasteiger partial charge < -0.3 is 11.5 Å². The van der Waals surface area contributed by atoms with E-state index in [1.807, 2.05) is 0 Å². The van der Waals surface area contributed by atoms with Crippen molar-refractivity contribution in [3.05, 3.63) is 163 Å². The topological polar surface area (TPSA) is 52.0 Å². The van der Waals surface area contributed by atoms with E-state index < -0.39 is 7.92 Å². The summed E-state index contributed by atoms with van der Waals surface area (Å²) in [5, 5.41) is 11.7. The highest BCUT2D eigenvalue weighted by Crippen LogP contribution is 2.43. The third kappa shape index (κ3) is 5.59. The van der Waals surface area contributed by atoms with Gasteiger partial charge in [0.25, 0.3) is 0 Å². The van der Waals surface area contributed by atoms with Gasteiger partial charge in [-0.25, -0.2) is 0 Å². The quantitative estimate of drug-likeness (QED) is 0.184. The molecule has 1 unspecified atom stereocenters. The summed E-state index contributed by atoms with van der Waals surface area (Å²) in [5.41, 5.74) is 17.1. The maximum absolute atomic E-state index is 6.13. The molecule has 0 radical (unpaired) electrons. The second-order valence-corrected chi connectivity index (χ2v) is 14.5. The molecule has 7 aromatic carbocycles. The molecule has 0 aliphatic heterocycles. The second-order valence-electron chi connectivity index (χ2n) is 11.0. The van der Waals surface area contributed by atoms with Crippen molar-refractivity contribution in [2.24, 2.45) is 11.5 Å². The summed E-state index contributed by atoms with van der Waals surface area (Å²) in [6.45, 7) is 1.04. The SMILES string of the molecule is NCc1ccc2c(-c3c(P(c4ccccc4)c4ccccc4)ccc4cc(CN)ccc34)c(Pc3ccccc3)ccc2c1. The third-order valence-corrected chi connectivity index (χ3v) is 12.0. The normalized spacial score (nSPS) is 11.7. The first-order chi connectivity index (χ1) is 21.7. The van der Waals surface area contributed by atoms with Gasteiger partial charge in [0.2, 0.25) is 0 Å². The molecule has 1 atom stereocenters. The first kappa shape index (κ1) is 28.6. The molecule has 214 valence electrons. The summed E-state index contributed by atoms with van der Waals surface area (Å²) in [7, 11) is -0.337. The smallest absolute Gasteiger partial charge is 0.0178 e. The summed E-state index contributed by atoms with van der Waals surface area (Å²) < 4.78 is 0. The van der Waals surface area contributed by atoms with E-state index in [0.29, 0.717) is 21.7 Å². The van der Waals surface area contributed by atoms with Crippen LogP contribution >= 0.6 is 16.5 Å². The Hall–Kier alpha value is -4.16. The molecule has 0 heterocycles. The van der Waals surface area contributed by atoms with E-state index in [0.717, 1.165) is 11.1 Å². The number of rotatable bonds is 8. The molecule has 0 bridgehead atoms. The predicted octanol–water partition coefficient (Wildman–Crippen LogP) is 6.96. The van der Waals surface area contributed by atoms with Gasteiger partial charge in [-0.2, -0.15) is 0 Å². The van der Waals surface area contributed by atoms with Crippen LogP contribution in [0.5, 0.6) is 0 Å². The Morgan fingerprint density at radius 2 is 0.977 bits per heavy atom. The molecule has 0 aliphatic carbocycles. The first-order valence-corrected chi connectivity index (χ1v) is 17.3. The van der Waals surface area contributed by atoms with E-state index in [1.54, 1.807) is 0 Å². The van der Waals surface area contributed by atoms with Gasteiger partial charge in [-0.15, -0.1) is 0 Å². The van der Waals surface area contributed by atoms with Gasteiger partial charge in [0.05, 0.1) is 0 Å². The average molecular weight is 605 g/mol. The van der Waals surface area contributed by atoms with Crippen molar-refractivity contribution in [2.45, 2.75) is 13.1 Å². The average Bonchev–Trinajstić information content (AvgIpc) is 3.09. The van der Waals surface area contributed by atoms with Gasteiger partial charge in [-0.05, 0) is 90.4 Å². The maximum atomic E-state index is 6.13. The summed E-state index contributed by atoms with van der Waals surface area (Å²) in [5.74, 6) is 0. The molecular weight excluding hydrogens is 570 g/mol. The van der Waals surface area contributed by atoms with Gasteiger partial charge in [0.1, 0.15) is 0 Å². The molecule has 0 aliphatic rings. The van der Waals surface area contributed by atoms with E-state index in [9.17, 15) is 0 Å². The minimum atomic E-state index is -0.853. The van der Waals surface area contributed by atoms with Crippen molar-refractivity contribution < 1.29 is 0 Å². The summed E-state index contributed by atoms with van der Waals surface area (Å²) >= 11 is 0. The van der Waals surface area contributed by atoms with Crippen molar-refractivity contribution >= 4 is 64.6 Å². The van der Waals surface area contributed by atoms with Gasteiger partial charge in [-0.3, -0.25) is 0 Å². The molecule has 0 saturated carbocycles. The highest BCUT2D eigenvalue weighted by molar-refractivity contribution is 7.80. The van der Waals surface area contributed by atoms with Gasteiger partial charge >= 0.3 is 0 Å². The second kappa shape index (κ2) is 12.8. The summed E-state index contributed by atoms with van der Waals surface area (Å²) in [4.78, 5) is 0. The third-order valence-electron chi connectivity index (χ3n) is 8.19. The van der Waals surface area contributed by atoms with Crippen LogP contribution in [-0.4, -0.2) is 0 Å². The van der Waals surface area contributed by atoms with E-state index in [4.69, 9.17) is 11.5 Å². The molecule has 7 aromatic rings. The molecule has 0 fully saturated rings. The lowest BCUT2D eigenvalue weighted by atomic mass is 9.92. The number of hydrogen-bond donors (Lipinski definition) is 2. The fourth-order valence-electron chi connectivity index (χ4n) is 6.08. The van der Waals surface area contributed by atoms with Crippen molar-refractivity contribution in [3.8, 4) is 11.1 Å². The van der Waals surface area contributed by atoms with Crippen molar-refractivity contribution in [2.75, 3.05) is 0 Å². The number of benzene rings is 7. The van der Waals surface area contributed by atoms with E-state index >= 15 is 0 Å². The Morgan fingerprint density at radius 1 is 0.477 bits per heavy atom. The lowest BCUT2D eigenvalue weighted by Gasteiger charge is -2.26. The molecule has 4 N–H and O–H groups in total. The highest BCUT2D eigenvalue weighted by atomic mass is 31.1. The van der Waals surface area contributed by atoms with Crippen molar-refractivity contribution in [3.63, 3.8) is 0 Å². The van der Waals surface area contributed by atoms with Crippen LogP contribution in [0.3, 0.4) is 0 Å². The Balaban J connectivity index is 1.61. The van der Waals surface area contributed by atoms with Crippen LogP contribution in [0.1, 0.15) is 11.1 Å². The predicted molar refractivity (Wildman–Crippen MR) is 195 cm³/mol. The molecule has 4 heteroatoms. The van der Waals surface area contributed by atoms with Crippen LogP contribution in [0.25, 0.3) is 32.7 Å². The molecule has 0 spiro atoms. The lowest BCUT2D eigenvalue weighted by Crippen LogP contribution is -2.23. The van der Waals surface area contributed by atoms with Crippen molar-refractivity contribution in [1.82, 2.24) is 0 Å². The number of nitrogens with two attached hydrogens (primary N) is 2. The number of hydrogen-bond acceptors (Lipinski definition) is 2. The van der Waals surface area contributed by atoms with E-state index in [-0.39, 0.29) is 0 Å². The van der Waals surface area contributed by atoms with Crippen LogP contribution in [0.4, 0.5) is 0 Å². The molecule has 2 nitrogen and oxygen atoms in total. The zero-order valence-corrected chi connectivity index (χ0v) is 26.3. The summed E-state index contributed by atoms with van der Waals surface area (Å²) in [6, 6.07) is 55.6. The first-order valence-electron chi connectivity index (χ1n) is 15.0. The highest BCUT2D eigenvalue weighted by Gasteiger charge is 2.25. The van der Waals surface area contributed by atoms with Crippen LogP contribution in [0, 0.1) is 0 Å². The fraction of sp³-hybridized carbons (Fsp3) is 0.0500. The van der Waals surface area contributed by atoms with E-state index in [1.165, 1.54) is 59.2 Å². The minimum absolute atomic E-state index is 0.516. The van der Waals surface area contributed by atoms with Gasteiger partial charge in [0.15, 0.2) is 0 Å². The van der Waals surface area contributed by atoms with E-state index in [2.05, 4.69) is 152 Å². The molecular formula is C40H34N2P2. The Kier molecular flexibility index (Phi) is 8.34. The van der Waals surface area contributed by atoms with Crippen LogP contribution in [0.15, 0.2) is 152 Å². The Morgan fingerprint density at radius 3 is 1.52 bits per heavy atom.